The van der Waals surface area contributed by atoms with Crippen molar-refractivity contribution in [2.75, 3.05) is 44.2 Å². The van der Waals surface area contributed by atoms with Gasteiger partial charge >= 0.3 is 0 Å². The molecule has 0 saturated carbocycles. The number of hydrogen-bond donors (Lipinski definition) is 2. The van der Waals surface area contributed by atoms with Crippen LogP contribution < -0.4 is 14.5 Å². The molecule has 1 saturated heterocycles. The van der Waals surface area contributed by atoms with Crippen molar-refractivity contribution in [2.24, 2.45) is 0 Å². The largest absolute Gasteiger partial charge is 0.491 e. The third-order valence-electron chi connectivity index (χ3n) is 6.11. The Labute approximate surface area is 185 Å². The number of anilines is 1. The van der Waals surface area contributed by atoms with E-state index in [0.29, 0.717) is 6.61 Å². The Balaban J connectivity index is 1.22. The second kappa shape index (κ2) is 10.5. The third-order valence-corrected chi connectivity index (χ3v) is 6.11. The SMILES string of the molecule is CCc1ccccc1N1CC[NH+](C[C@H](O)COc2ccc(-c3ccccc3)cc2)CC1. The van der Waals surface area contributed by atoms with Gasteiger partial charge in [0.25, 0.3) is 0 Å². The van der Waals surface area contributed by atoms with E-state index in [4.69, 9.17) is 4.74 Å². The van der Waals surface area contributed by atoms with Gasteiger partial charge < -0.3 is 19.6 Å². The van der Waals surface area contributed by atoms with Crippen LogP contribution in [0.2, 0.25) is 0 Å². The van der Waals surface area contributed by atoms with Crippen LogP contribution in [-0.2, 0) is 6.42 Å². The summed E-state index contributed by atoms with van der Waals surface area (Å²) in [5.41, 5.74) is 5.14. The van der Waals surface area contributed by atoms with Gasteiger partial charge in [-0.2, -0.15) is 0 Å². The molecule has 4 rings (SSSR count). The van der Waals surface area contributed by atoms with E-state index < -0.39 is 6.10 Å². The van der Waals surface area contributed by atoms with Crippen LogP contribution in [0.4, 0.5) is 5.69 Å². The predicted octanol–water partition coefficient (Wildman–Crippen LogP) is 3.06. The lowest BCUT2D eigenvalue weighted by molar-refractivity contribution is -0.903. The van der Waals surface area contributed by atoms with Gasteiger partial charge in [-0.25, -0.2) is 0 Å². The van der Waals surface area contributed by atoms with E-state index >= 15 is 0 Å². The van der Waals surface area contributed by atoms with E-state index in [1.807, 2.05) is 30.3 Å². The van der Waals surface area contributed by atoms with Crippen molar-refractivity contribution < 1.29 is 14.7 Å². The molecule has 1 aliphatic heterocycles. The van der Waals surface area contributed by atoms with Crippen LogP contribution in [0.5, 0.6) is 5.75 Å². The van der Waals surface area contributed by atoms with Crippen molar-refractivity contribution in [2.45, 2.75) is 19.4 Å². The van der Waals surface area contributed by atoms with Crippen LogP contribution in [-0.4, -0.2) is 50.5 Å². The van der Waals surface area contributed by atoms with Gasteiger partial charge in [0.1, 0.15) is 25.0 Å². The van der Waals surface area contributed by atoms with Crippen molar-refractivity contribution in [3.63, 3.8) is 0 Å². The smallest absolute Gasteiger partial charge is 0.137 e. The third kappa shape index (κ3) is 5.66. The summed E-state index contributed by atoms with van der Waals surface area (Å²) >= 11 is 0. The molecule has 4 nitrogen and oxygen atoms in total. The Kier molecular flexibility index (Phi) is 7.23. The van der Waals surface area contributed by atoms with Gasteiger partial charge in [0.2, 0.25) is 0 Å². The maximum absolute atomic E-state index is 10.5. The van der Waals surface area contributed by atoms with Gasteiger partial charge in [0, 0.05) is 5.69 Å². The van der Waals surface area contributed by atoms with E-state index in [9.17, 15) is 5.11 Å². The summed E-state index contributed by atoms with van der Waals surface area (Å²) in [7, 11) is 0. The number of nitrogens with zero attached hydrogens (tertiary/aromatic N) is 1. The van der Waals surface area contributed by atoms with Crippen molar-refractivity contribution in [3.8, 4) is 16.9 Å². The highest BCUT2D eigenvalue weighted by atomic mass is 16.5. The zero-order chi connectivity index (χ0) is 21.5. The van der Waals surface area contributed by atoms with E-state index in [1.54, 1.807) is 0 Å². The van der Waals surface area contributed by atoms with Crippen molar-refractivity contribution in [1.82, 2.24) is 0 Å². The fourth-order valence-electron chi connectivity index (χ4n) is 4.35. The van der Waals surface area contributed by atoms with E-state index in [0.717, 1.165) is 44.9 Å². The number of para-hydroxylation sites is 1. The Morgan fingerprint density at radius 1 is 0.871 bits per heavy atom. The second-order valence-corrected chi connectivity index (χ2v) is 8.28. The minimum Gasteiger partial charge on any atom is -0.491 e. The molecule has 0 aliphatic carbocycles. The number of aliphatic hydroxyl groups is 1. The van der Waals surface area contributed by atoms with Gasteiger partial charge in [-0.1, -0.05) is 67.6 Å². The van der Waals surface area contributed by atoms with E-state index in [2.05, 4.69) is 60.4 Å². The maximum Gasteiger partial charge on any atom is 0.137 e. The molecule has 0 amide bonds. The molecular weight excluding hydrogens is 384 g/mol. The molecule has 162 valence electrons. The van der Waals surface area contributed by atoms with Crippen molar-refractivity contribution in [1.29, 1.82) is 0 Å². The summed E-state index contributed by atoms with van der Waals surface area (Å²) in [4.78, 5) is 3.93. The summed E-state index contributed by atoms with van der Waals surface area (Å²) in [6.07, 6.45) is 0.601. The first-order valence-electron chi connectivity index (χ1n) is 11.4. The van der Waals surface area contributed by atoms with Crippen molar-refractivity contribution in [3.05, 3.63) is 84.4 Å². The Hall–Kier alpha value is -2.82. The van der Waals surface area contributed by atoms with Gasteiger partial charge in [-0.05, 0) is 41.3 Å². The van der Waals surface area contributed by atoms with Crippen LogP contribution in [0.25, 0.3) is 11.1 Å². The van der Waals surface area contributed by atoms with Gasteiger partial charge in [0.05, 0.1) is 26.2 Å². The number of quaternary nitrogens is 1. The number of aliphatic hydroxyl groups excluding tert-OH is 1. The first-order chi connectivity index (χ1) is 15.2. The molecular formula is C27H33N2O2+. The number of aryl methyl sites for hydroxylation is 1. The standard InChI is InChI=1S/C27H32N2O2/c1-2-22-8-6-7-11-27(22)29-18-16-28(17-19-29)20-25(30)21-31-26-14-12-24(13-15-26)23-9-4-3-5-10-23/h3-15,25,30H,2,16-21H2,1H3/p+1/t25-/m0/s1. The molecule has 0 spiro atoms. The number of piperazine rings is 1. The molecule has 1 fully saturated rings. The molecule has 3 aromatic rings. The lowest BCUT2D eigenvalue weighted by Crippen LogP contribution is -3.16. The summed E-state index contributed by atoms with van der Waals surface area (Å²) in [6.45, 7) is 7.41. The number of rotatable bonds is 8. The number of nitrogens with one attached hydrogen (secondary N) is 1. The lowest BCUT2D eigenvalue weighted by Gasteiger charge is -2.35. The molecule has 0 bridgehead atoms. The molecule has 1 aliphatic rings. The summed E-state index contributed by atoms with van der Waals surface area (Å²) in [6, 6.07) is 27.1. The van der Waals surface area contributed by atoms with Crippen LogP contribution >= 0.6 is 0 Å². The van der Waals surface area contributed by atoms with Crippen LogP contribution in [0.3, 0.4) is 0 Å². The van der Waals surface area contributed by atoms with E-state index in [1.165, 1.54) is 27.3 Å². The number of hydrogen-bond acceptors (Lipinski definition) is 3. The Morgan fingerprint density at radius 3 is 2.23 bits per heavy atom. The Morgan fingerprint density at radius 2 is 1.52 bits per heavy atom. The zero-order valence-electron chi connectivity index (χ0n) is 18.3. The molecule has 0 aromatic heterocycles. The highest BCUT2D eigenvalue weighted by Crippen LogP contribution is 2.22. The molecule has 0 radical (unpaired) electrons. The molecule has 3 aromatic carbocycles. The summed E-state index contributed by atoms with van der Waals surface area (Å²) < 4.78 is 5.85. The summed E-state index contributed by atoms with van der Waals surface area (Å²) in [5.74, 6) is 0.801. The first kappa shape index (κ1) is 21.4. The minimum atomic E-state index is -0.460. The molecule has 31 heavy (non-hydrogen) atoms. The van der Waals surface area contributed by atoms with Crippen LogP contribution in [0.1, 0.15) is 12.5 Å². The lowest BCUT2D eigenvalue weighted by atomic mass is 10.1. The number of benzene rings is 3. The average Bonchev–Trinajstić information content (AvgIpc) is 2.84. The van der Waals surface area contributed by atoms with E-state index in [-0.39, 0.29) is 0 Å². The molecule has 4 heteroatoms. The molecule has 1 atom stereocenters. The van der Waals surface area contributed by atoms with Crippen LogP contribution in [0, 0.1) is 0 Å². The van der Waals surface area contributed by atoms with Gasteiger partial charge in [-0.15, -0.1) is 0 Å². The van der Waals surface area contributed by atoms with Gasteiger partial charge in [0.15, 0.2) is 0 Å². The second-order valence-electron chi connectivity index (χ2n) is 8.28. The van der Waals surface area contributed by atoms with Gasteiger partial charge in [-0.3, -0.25) is 0 Å². The quantitative estimate of drug-likeness (QED) is 0.592. The highest BCUT2D eigenvalue weighted by Gasteiger charge is 2.23. The van der Waals surface area contributed by atoms with Crippen LogP contribution in [0.15, 0.2) is 78.9 Å². The molecule has 1 heterocycles. The predicted molar refractivity (Wildman–Crippen MR) is 127 cm³/mol. The maximum atomic E-state index is 10.5. The Bertz CT molecular complexity index is 935. The minimum absolute atomic E-state index is 0.330. The highest BCUT2D eigenvalue weighted by molar-refractivity contribution is 5.63. The zero-order valence-corrected chi connectivity index (χ0v) is 18.3. The fraction of sp³-hybridized carbons (Fsp3) is 0.333. The first-order valence-corrected chi connectivity index (χ1v) is 11.4. The average molecular weight is 418 g/mol. The summed E-state index contributed by atoms with van der Waals surface area (Å²) in [5, 5.41) is 10.5. The molecule has 0 unspecified atom stereocenters. The monoisotopic (exact) mass is 417 g/mol. The fourth-order valence-corrected chi connectivity index (χ4v) is 4.35. The van der Waals surface area contributed by atoms with Crippen molar-refractivity contribution >= 4 is 5.69 Å². The normalized spacial score (nSPS) is 15.6. The molecule has 2 N–H and O–H groups in total. The topological polar surface area (TPSA) is 37.1 Å². The number of ether oxygens (including phenoxy) is 1.